The van der Waals surface area contributed by atoms with Crippen molar-refractivity contribution >= 4 is 24.8 Å². The number of nitrogens with one attached hydrogen (secondary N) is 2. The van der Waals surface area contributed by atoms with Gasteiger partial charge < -0.3 is 30.3 Å². The highest BCUT2D eigenvalue weighted by Gasteiger charge is 2.43. The van der Waals surface area contributed by atoms with Crippen molar-refractivity contribution in [2.24, 2.45) is 11.8 Å². The number of amides is 2. The van der Waals surface area contributed by atoms with Gasteiger partial charge in [-0.15, -0.1) is 0 Å². The average Bonchev–Trinajstić information content (AvgIpc) is 2.75. The minimum atomic E-state index is -1.53. The lowest BCUT2D eigenvalue weighted by Gasteiger charge is -2.38. The molecule has 0 aliphatic rings. The zero-order chi connectivity index (χ0) is 23.5. The molecule has 10 heteroatoms. The van der Waals surface area contributed by atoms with Crippen LogP contribution < -0.4 is 10.6 Å². The molecule has 4 N–H and O–H groups in total. The third-order valence-electron chi connectivity index (χ3n) is 5.11. The van der Waals surface area contributed by atoms with Crippen molar-refractivity contribution in [3.63, 3.8) is 0 Å². The van der Waals surface area contributed by atoms with Gasteiger partial charge in [0.25, 0.3) is 0 Å². The molecule has 0 aliphatic carbocycles. The van der Waals surface area contributed by atoms with E-state index in [-0.39, 0.29) is 19.6 Å². The number of hydrogen-bond acceptors (Lipinski definition) is 8. The highest BCUT2D eigenvalue weighted by Crippen LogP contribution is 2.24. The van der Waals surface area contributed by atoms with Gasteiger partial charge >= 0.3 is 11.9 Å². The van der Waals surface area contributed by atoms with Crippen molar-refractivity contribution in [3.8, 4) is 0 Å². The molecule has 0 aromatic rings. The lowest BCUT2D eigenvalue weighted by molar-refractivity contribution is -0.155. The van der Waals surface area contributed by atoms with E-state index in [0.29, 0.717) is 45.1 Å². The van der Waals surface area contributed by atoms with Gasteiger partial charge in [-0.05, 0) is 32.1 Å². The molecule has 180 valence electrons. The van der Waals surface area contributed by atoms with Crippen molar-refractivity contribution in [1.82, 2.24) is 10.6 Å². The lowest BCUT2D eigenvalue weighted by Crippen LogP contribution is -2.64. The second-order valence-electron chi connectivity index (χ2n) is 7.40. The third kappa shape index (κ3) is 10.6. The molecule has 31 heavy (non-hydrogen) atoms. The number of hydrogen-bond donors (Lipinski definition) is 4. The Hall–Kier alpha value is -2.20. The van der Waals surface area contributed by atoms with Gasteiger partial charge in [-0.3, -0.25) is 19.2 Å². The molecule has 10 nitrogen and oxygen atoms in total. The standard InChI is InChI=1S/C21H38N2O8/c1-3-5-11-30-19(28)17(13-24)9-7-8-10-21(22-15-26,23-16-27)18(14-25)20(29)31-12-6-4-2/h15-18,24-25H,3-14H2,1-2H3,(H,22,26)(H,23,27)/t17-,18-/m1/s1. The zero-order valence-electron chi connectivity index (χ0n) is 18.6. The summed E-state index contributed by atoms with van der Waals surface area (Å²) >= 11 is 0. The maximum atomic E-state index is 12.5. The molecule has 0 unspecified atom stereocenters. The van der Waals surface area contributed by atoms with E-state index in [4.69, 9.17) is 9.47 Å². The van der Waals surface area contributed by atoms with Gasteiger partial charge in [0.15, 0.2) is 0 Å². The number of unbranched alkanes of at least 4 members (excludes halogenated alkanes) is 3. The van der Waals surface area contributed by atoms with E-state index in [2.05, 4.69) is 10.6 Å². The van der Waals surface area contributed by atoms with Gasteiger partial charge in [-0.2, -0.15) is 0 Å². The van der Waals surface area contributed by atoms with E-state index in [9.17, 15) is 29.4 Å². The Morgan fingerprint density at radius 3 is 1.87 bits per heavy atom. The fourth-order valence-corrected chi connectivity index (χ4v) is 3.13. The van der Waals surface area contributed by atoms with Crippen LogP contribution in [-0.4, -0.2) is 67.1 Å². The lowest BCUT2D eigenvalue weighted by atomic mass is 9.87. The predicted octanol–water partition coefficient (Wildman–Crippen LogP) is 0.639. The van der Waals surface area contributed by atoms with Gasteiger partial charge in [0, 0.05) is 0 Å². The van der Waals surface area contributed by atoms with Crippen LogP contribution in [0.3, 0.4) is 0 Å². The topological polar surface area (TPSA) is 151 Å². The number of aliphatic hydroxyl groups is 2. The first-order valence-corrected chi connectivity index (χ1v) is 10.9. The second kappa shape index (κ2) is 17.5. The first kappa shape index (κ1) is 28.8. The van der Waals surface area contributed by atoms with Crippen LogP contribution in [0, 0.1) is 11.8 Å². The van der Waals surface area contributed by atoms with Crippen LogP contribution >= 0.6 is 0 Å². The Labute approximate surface area is 184 Å². The zero-order valence-corrected chi connectivity index (χ0v) is 18.6. The Morgan fingerprint density at radius 1 is 0.871 bits per heavy atom. The summed E-state index contributed by atoms with van der Waals surface area (Å²) in [5, 5.41) is 24.2. The summed E-state index contributed by atoms with van der Waals surface area (Å²) in [6.07, 6.45) is 5.09. The Bertz CT molecular complexity index is 520. The molecule has 0 radical (unpaired) electrons. The van der Waals surface area contributed by atoms with Crippen molar-refractivity contribution < 1.29 is 38.9 Å². The van der Waals surface area contributed by atoms with E-state index < -0.39 is 36.0 Å². The minimum absolute atomic E-state index is 0.113. The largest absolute Gasteiger partial charge is 0.465 e. The van der Waals surface area contributed by atoms with Gasteiger partial charge in [-0.1, -0.05) is 33.1 Å². The molecule has 2 atom stereocenters. The maximum Gasteiger partial charge on any atom is 0.315 e. The van der Waals surface area contributed by atoms with Crippen LogP contribution in [0.15, 0.2) is 0 Å². The van der Waals surface area contributed by atoms with Crippen LogP contribution in [0.4, 0.5) is 0 Å². The molecule has 0 saturated heterocycles. The van der Waals surface area contributed by atoms with Crippen molar-refractivity contribution in [3.05, 3.63) is 0 Å². The molecule has 0 heterocycles. The van der Waals surface area contributed by atoms with Crippen molar-refractivity contribution in [1.29, 1.82) is 0 Å². The second-order valence-corrected chi connectivity index (χ2v) is 7.40. The summed E-state index contributed by atoms with van der Waals surface area (Å²) in [5.41, 5.74) is -1.53. The smallest absolute Gasteiger partial charge is 0.315 e. The van der Waals surface area contributed by atoms with Crippen molar-refractivity contribution in [2.75, 3.05) is 26.4 Å². The first-order valence-electron chi connectivity index (χ1n) is 10.9. The summed E-state index contributed by atoms with van der Waals surface area (Å²) in [7, 11) is 0. The Morgan fingerprint density at radius 2 is 1.42 bits per heavy atom. The quantitative estimate of drug-likeness (QED) is 0.0920. The molecule has 0 spiro atoms. The van der Waals surface area contributed by atoms with Gasteiger partial charge in [0.1, 0.15) is 11.6 Å². The fraction of sp³-hybridized carbons (Fsp3) is 0.810. The molecule has 0 fully saturated rings. The summed E-state index contributed by atoms with van der Waals surface area (Å²) in [6.45, 7) is 3.39. The van der Waals surface area contributed by atoms with E-state index in [0.717, 1.165) is 19.3 Å². The highest BCUT2D eigenvalue weighted by atomic mass is 16.5. The number of esters is 2. The van der Waals surface area contributed by atoms with Gasteiger partial charge in [0.05, 0.1) is 32.3 Å². The van der Waals surface area contributed by atoms with Crippen LogP contribution in [-0.2, 0) is 28.7 Å². The number of rotatable bonds is 20. The van der Waals surface area contributed by atoms with E-state index >= 15 is 0 Å². The summed E-state index contributed by atoms with van der Waals surface area (Å²) in [4.78, 5) is 46.9. The molecule has 0 aliphatic heterocycles. The van der Waals surface area contributed by atoms with E-state index in [1.54, 1.807) is 0 Å². The maximum absolute atomic E-state index is 12.5. The first-order chi connectivity index (χ1) is 15.0. The molecule has 0 saturated carbocycles. The van der Waals surface area contributed by atoms with E-state index in [1.165, 1.54) is 0 Å². The molecular formula is C21H38N2O8. The number of carbonyl (C=O) groups excluding carboxylic acids is 4. The third-order valence-corrected chi connectivity index (χ3v) is 5.11. The summed E-state index contributed by atoms with van der Waals surface area (Å²) < 4.78 is 10.3. The van der Waals surface area contributed by atoms with Crippen LogP contribution in [0.2, 0.25) is 0 Å². The van der Waals surface area contributed by atoms with Crippen LogP contribution in [0.25, 0.3) is 0 Å². The number of ether oxygens (including phenoxy) is 2. The Kier molecular flexibility index (Phi) is 16.2. The number of aliphatic hydroxyl groups excluding tert-OH is 2. The molecule has 0 bridgehead atoms. The summed E-state index contributed by atoms with van der Waals surface area (Å²) in [6, 6.07) is 0. The van der Waals surface area contributed by atoms with Crippen molar-refractivity contribution in [2.45, 2.75) is 70.9 Å². The SMILES string of the molecule is CCCCOC(=O)[C@@H](CO)CCCCC(NC=O)(NC=O)[C@H](CO)C(=O)OCCCC. The summed E-state index contributed by atoms with van der Waals surface area (Å²) in [5.74, 6) is -3.07. The molecule has 0 aromatic carbocycles. The normalized spacial score (nSPS) is 13.0. The molecular weight excluding hydrogens is 408 g/mol. The number of carbonyl (C=O) groups is 4. The predicted molar refractivity (Wildman–Crippen MR) is 112 cm³/mol. The monoisotopic (exact) mass is 446 g/mol. The van der Waals surface area contributed by atoms with Crippen LogP contribution in [0.5, 0.6) is 0 Å². The average molecular weight is 447 g/mol. The van der Waals surface area contributed by atoms with Gasteiger partial charge in [0.2, 0.25) is 12.8 Å². The van der Waals surface area contributed by atoms with Gasteiger partial charge in [-0.25, -0.2) is 0 Å². The van der Waals surface area contributed by atoms with Crippen LogP contribution in [0.1, 0.15) is 65.2 Å². The highest BCUT2D eigenvalue weighted by molar-refractivity contribution is 5.75. The fourth-order valence-electron chi connectivity index (χ4n) is 3.13. The molecule has 0 aromatic heterocycles. The van der Waals surface area contributed by atoms with E-state index in [1.807, 2.05) is 13.8 Å². The minimum Gasteiger partial charge on any atom is -0.465 e. The Balaban J connectivity index is 5.05. The molecule has 0 rings (SSSR count). The molecule has 2 amide bonds.